The van der Waals surface area contributed by atoms with Crippen molar-refractivity contribution in [3.05, 3.63) is 58.9 Å². The van der Waals surface area contributed by atoms with Crippen molar-refractivity contribution < 1.29 is 4.79 Å². The molecule has 22 heavy (non-hydrogen) atoms. The van der Waals surface area contributed by atoms with E-state index in [0.717, 1.165) is 29.1 Å². The number of carbonyl (C=O) groups is 1. The molecule has 0 aliphatic heterocycles. The fraction of sp³-hybridized carbons (Fsp3) is 0.294. The Morgan fingerprint density at radius 3 is 2.73 bits per heavy atom. The van der Waals surface area contributed by atoms with Crippen molar-refractivity contribution in [1.29, 1.82) is 0 Å². The second-order valence-corrected chi connectivity index (χ2v) is 5.46. The first-order valence-electron chi connectivity index (χ1n) is 7.41. The molecule has 0 atom stereocenters. The molecule has 5 heteroatoms. The van der Waals surface area contributed by atoms with Crippen LogP contribution in [0.2, 0.25) is 5.02 Å². The van der Waals surface area contributed by atoms with E-state index in [0.29, 0.717) is 18.8 Å². The highest BCUT2D eigenvalue weighted by Gasteiger charge is 2.07. The summed E-state index contributed by atoms with van der Waals surface area (Å²) in [6.07, 6.45) is 3.66. The molecule has 4 nitrogen and oxygen atoms in total. The first kappa shape index (κ1) is 16.3. The predicted octanol–water partition coefficient (Wildman–Crippen LogP) is 3.88. The number of unbranched alkanes of at least 4 members (excludes halogenated alkanes) is 1. The van der Waals surface area contributed by atoms with Crippen LogP contribution in [-0.4, -0.2) is 17.4 Å². The second kappa shape index (κ2) is 8.39. The van der Waals surface area contributed by atoms with Gasteiger partial charge >= 0.3 is 0 Å². The first-order valence-corrected chi connectivity index (χ1v) is 7.79. The molecule has 1 aromatic carbocycles. The van der Waals surface area contributed by atoms with Gasteiger partial charge in [0.25, 0.3) is 5.91 Å². The van der Waals surface area contributed by atoms with E-state index in [2.05, 4.69) is 22.5 Å². The summed E-state index contributed by atoms with van der Waals surface area (Å²) >= 11 is 5.86. The van der Waals surface area contributed by atoms with Crippen LogP contribution in [0.1, 0.15) is 35.8 Å². The quantitative estimate of drug-likeness (QED) is 0.762. The van der Waals surface area contributed by atoms with Gasteiger partial charge in [0.2, 0.25) is 0 Å². The molecule has 116 valence electrons. The number of anilines is 1. The van der Waals surface area contributed by atoms with E-state index in [1.54, 1.807) is 12.3 Å². The average Bonchev–Trinajstić information content (AvgIpc) is 2.55. The van der Waals surface area contributed by atoms with Gasteiger partial charge in [0.05, 0.1) is 0 Å². The van der Waals surface area contributed by atoms with Crippen LogP contribution in [0.4, 0.5) is 5.69 Å². The smallest absolute Gasteiger partial charge is 0.269 e. The lowest BCUT2D eigenvalue weighted by Crippen LogP contribution is -2.25. The number of pyridine rings is 1. The van der Waals surface area contributed by atoms with Crippen LogP contribution in [0.5, 0.6) is 0 Å². The second-order valence-electron chi connectivity index (χ2n) is 5.02. The monoisotopic (exact) mass is 317 g/mol. The van der Waals surface area contributed by atoms with Gasteiger partial charge in [0.1, 0.15) is 5.69 Å². The third-order valence-electron chi connectivity index (χ3n) is 3.22. The molecular weight excluding hydrogens is 298 g/mol. The van der Waals surface area contributed by atoms with Crippen molar-refractivity contribution >= 4 is 23.2 Å². The zero-order valence-corrected chi connectivity index (χ0v) is 13.4. The molecule has 0 unspecified atom stereocenters. The normalized spacial score (nSPS) is 10.3. The Bertz CT molecular complexity index is 614. The zero-order valence-electron chi connectivity index (χ0n) is 12.6. The fourth-order valence-corrected chi connectivity index (χ4v) is 2.07. The molecule has 0 fully saturated rings. The van der Waals surface area contributed by atoms with Crippen LogP contribution in [0.25, 0.3) is 0 Å². The van der Waals surface area contributed by atoms with E-state index in [1.165, 1.54) is 0 Å². The number of aromatic nitrogens is 1. The molecule has 1 amide bonds. The first-order chi connectivity index (χ1) is 10.7. The van der Waals surface area contributed by atoms with E-state index in [4.69, 9.17) is 11.6 Å². The van der Waals surface area contributed by atoms with Gasteiger partial charge in [0.15, 0.2) is 0 Å². The highest BCUT2D eigenvalue weighted by Crippen LogP contribution is 2.13. The summed E-state index contributed by atoms with van der Waals surface area (Å²) in [5, 5.41) is 6.86. The molecule has 2 aromatic rings. The van der Waals surface area contributed by atoms with Crippen LogP contribution in [0.15, 0.2) is 42.6 Å². The minimum absolute atomic E-state index is 0.136. The third kappa shape index (κ3) is 5.04. The number of amides is 1. The van der Waals surface area contributed by atoms with Crippen LogP contribution in [0.3, 0.4) is 0 Å². The summed E-state index contributed by atoms with van der Waals surface area (Å²) in [7, 11) is 0. The highest BCUT2D eigenvalue weighted by atomic mass is 35.5. The van der Waals surface area contributed by atoms with Crippen molar-refractivity contribution in [3.8, 4) is 0 Å². The van der Waals surface area contributed by atoms with Gasteiger partial charge in [-0.05, 0) is 36.2 Å². The van der Waals surface area contributed by atoms with E-state index in [9.17, 15) is 4.79 Å². The van der Waals surface area contributed by atoms with E-state index in [-0.39, 0.29) is 5.91 Å². The van der Waals surface area contributed by atoms with Gasteiger partial charge < -0.3 is 10.6 Å². The maximum atomic E-state index is 12.0. The van der Waals surface area contributed by atoms with Gasteiger partial charge in [-0.25, -0.2) is 0 Å². The molecule has 0 bridgehead atoms. The maximum Gasteiger partial charge on any atom is 0.269 e. The Morgan fingerprint density at radius 1 is 1.23 bits per heavy atom. The van der Waals surface area contributed by atoms with Crippen LogP contribution in [0, 0.1) is 0 Å². The molecule has 0 saturated carbocycles. The van der Waals surface area contributed by atoms with Gasteiger partial charge in [0, 0.05) is 30.0 Å². The van der Waals surface area contributed by atoms with Gasteiger partial charge in [-0.3, -0.25) is 9.78 Å². The predicted molar refractivity (Wildman–Crippen MR) is 90.3 cm³/mol. The van der Waals surface area contributed by atoms with Crippen molar-refractivity contribution in [2.45, 2.75) is 26.3 Å². The molecule has 1 heterocycles. The van der Waals surface area contributed by atoms with Crippen LogP contribution in [-0.2, 0) is 6.54 Å². The number of nitrogens with zero attached hydrogens (tertiary/aromatic N) is 1. The molecule has 0 saturated heterocycles. The summed E-state index contributed by atoms with van der Waals surface area (Å²) < 4.78 is 0. The molecule has 0 spiro atoms. The van der Waals surface area contributed by atoms with Crippen molar-refractivity contribution in [2.75, 3.05) is 11.9 Å². The van der Waals surface area contributed by atoms with Crippen molar-refractivity contribution in [1.82, 2.24) is 10.3 Å². The Balaban J connectivity index is 1.93. The average molecular weight is 318 g/mol. The zero-order chi connectivity index (χ0) is 15.8. The lowest BCUT2D eigenvalue weighted by Gasteiger charge is -2.08. The fourth-order valence-electron chi connectivity index (χ4n) is 1.94. The maximum absolute atomic E-state index is 12.0. The molecule has 0 radical (unpaired) electrons. The molecule has 1 aromatic heterocycles. The number of rotatable bonds is 7. The van der Waals surface area contributed by atoms with Crippen molar-refractivity contribution in [3.63, 3.8) is 0 Å². The Hall–Kier alpha value is -2.07. The summed E-state index contributed by atoms with van der Waals surface area (Å²) in [5.74, 6) is -0.136. The SMILES string of the molecule is CCCCNC(=O)c1cc(NCc2ccc(Cl)cc2)ccn1. The number of carbonyl (C=O) groups excluding carboxylic acids is 1. The minimum atomic E-state index is -0.136. The highest BCUT2D eigenvalue weighted by molar-refractivity contribution is 6.30. The van der Waals surface area contributed by atoms with Gasteiger partial charge in [-0.2, -0.15) is 0 Å². The van der Waals surface area contributed by atoms with Crippen molar-refractivity contribution in [2.24, 2.45) is 0 Å². The lowest BCUT2D eigenvalue weighted by atomic mass is 10.2. The molecule has 0 aliphatic rings. The third-order valence-corrected chi connectivity index (χ3v) is 3.47. The van der Waals surface area contributed by atoms with Crippen LogP contribution >= 0.6 is 11.6 Å². The number of nitrogens with one attached hydrogen (secondary N) is 2. The van der Waals surface area contributed by atoms with Gasteiger partial charge in [-0.15, -0.1) is 0 Å². The summed E-state index contributed by atoms with van der Waals surface area (Å²) in [5.41, 5.74) is 2.41. The molecule has 0 aliphatic carbocycles. The minimum Gasteiger partial charge on any atom is -0.381 e. The number of halogens is 1. The number of hydrogen-bond donors (Lipinski definition) is 2. The van der Waals surface area contributed by atoms with Gasteiger partial charge in [-0.1, -0.05) is 37.1 Å². The molecular formula is C17H20ClN3O. The van der Waals surface area contributed by atoms with E-state index < -0.39 is 0 Å². The Labute approximate surface area is 135 Å². The number of hydrogen-bond acceptors (Lipinski definition) is 3. The van der Waals surface area contributed by atoms with E-state index in [1.807, 2.05) is 30.3 Å². The Morgan fingerprint density at radius 2 is 2.00 bits per heavy atom. The largest absolute Gasteiger partial charge is 0.381 e. The molecule has 2 rings (SSSR count). The standard InChI is InChI=1S/C17H20ClN3O/c1-2-3-9-20-17(22)16-11-15(8-10-19-16)21-12-13-4-6-14(18)7-5-13/h4-8,10-11H,2-3,9,12H2,1H3,(H,19,21)(H,20,22). The topological polar surface area (TPSA) is 54.0 Å². The summed E-state index contributed by atoms with van der Waals surface area (Å²) in [4.78, 5) is 16.1. The summed E-state index contributed by atoms with van der Waals surface area (Å²) in [6, 6.07) is 11.3. The lowest BCUT2D eigenvalue weighted by molar-refractivity contribution is 0.0948. The van der Waals surface area contributed by atoms with E-state index >= 15 is 0 Å². The number of benzene rings is 1. The summed E-state index contributed by atoms with van der Waals surface area (Å²) in [6.45, 7) is 3.43. The van der Waals surface area contributed by atoms with Crippen LogP contribution < -0.4 is 10.6 Å². The molecule has 2 N–H and O–H groups in total. The Kier molecular flexibility index (Phi) is 6.22.